The molecule has 0 bridgehead atoms. The first kappa shape index (κ1) is 22.0. The molecule has 1 aromatic carbocycles. The van der Waals surface area contributed by atoms with Crippen LogP contribution in [0, 0.1) is 12.4 Å². The van der Waals surface area contributed by atoms with Crippen molar-refractivity contribution in [3.63, 3.8) is 0 Å². The molecule has 9 nitrogen and oxygen atoms in total. The Morgan fingerprint density at radius 2 is 1.91 bits per heavy atom. The standard InChI is InChI=1S/C24H23FN6O3/c1-26-17-8-15(11-27-12-17)13-29-4-6-30(7-5-29)21-10-16(25)9-18-19(21)14-31(24(18)34)20-2-3-22(32)28-23(20)33/h8-12,20H,2-7,13-14H2,(H,28,32,33). The van der Waals surface area contributed by atoms with Gasteiger partial charge in [0.15, 0.2) is 0 Å². The molecule has 4 heterocycles. The number of rotatable bonds is 4. The summed E-state index contributed by atoms with van der Waals surface area (Å²) in [6.07, 6.45) is 3.74. The minimum atomic E-state index is -0.731. The second kappa shape index (κ2) is 8.83. The maximum absolute atomic E-state index is 14.5. The summed E-state index contributed by atoms with van der Waals surface area (Å²) in [5.74, 6) is -1.69. The highest BCUT2D eigenvalue weighted by Crippen LogP contribution is 2.35. The molecule has 0 saturated carbocycles. The lowest BCUT2D eigenvalue weighted by atomic mass is 10.0. The Bertz CT molecular complexity index is 1220. The van der Waals surface area contributed by atoms with E-state index in [0.717, 1.165) is 24.2 Å². The number of aromatic nitrogens is 1. The second-order valence-corrected chi connectivity index (χ2v) is 8.78. The summed E-state index contributed by atoms with van der Waals surface area (Å²) < 4.78 is 14.5. The molecule has 0 aliphatic carbocycles. The molecule has 174 valence electrons. The number of carbonyl (C=O) groups excluding carboxylic acids is 3. The first-order chi connectivity index (χ1) is 16.4. The van der Waals surface area contributed by atoms with Crippen molar-refractivity contribution < 1.29 is 18.8 Å². The van der Waals surface area contributed by atoms with Crippen molar-refractivity contribution >= 4 is 29.1 Å². The van der Waals surface area contributed by atoms with Gasteiger partial charge >= 0.3 is 0 Å². The van der Waals surface area contributed by atoms with Crippen LogP contribution in [-0.2, 0) is 22.7 Å². The molecule has 3 aliphatic heterocycles. The number of amides is 3. The van der Waals surface area contributed by atoms with Gasteiger partial charge in [-0.05, 0) is 30.2 Å². The average Bonchev–Trinajstić information content (AvgIpc) is 3.15. The van der Waals surface area contributed by atoms with Crippen LogP contribution in [0.25, 0.3) is 4.85 Å². The Balaban J connectivity index is 1.31. The predicted molar refractivity (Wildman–Crippen MR) is 120 cm³/mol. The van der Waals surface area contributed by atoms with E-state index in [1.54, 1.807) is 12.4 Å². The summed E-state index contributed by atoms with van der Waals surface area (Å²) in [7, 11) is 0. The number of imide groups is 1. The van der Waals surface area contributed by atoms with Crippen LogP contribution in [0.15, 0.2) is 30.6 Å². The van der Waals surface area contributed by atoms with E-state index in [9.17, 15) is 18.8 Å². The fraction of sp³-hybridized carbons (Fsp3) is 0.375. The Morgan fingerprint density at radius 1 is 1.12 bits per heavy atom. The summed E-state index contributed by atoms with van der Waals surface area (Å²) in [5.41, 5.74) is 3.16. The minimum Gasteiger partial charge on any atom is -0.369 e. The van der Waals surface area contributed by atoms with Gasteiger partial charge in [-0.2, -0.15) is 0 Å². The maximum atomic E-state index is 14.5. The molecule has 10 heteroatoms. The maximum Gasteiger partial charge on any atom is 0.255 e. The number of carbonyl (C=O) groups is 3. The molecule has 1 atom stereocenters. The van der Waals surface area contributed by atoms with Crippen molar-refractivity contribution in [2.75, 3.05) is 31.1 Å². The van der Waals surface area contributed by atoms with Crippen LogP contribution in [0.2, 0.25) is 0 Å². The van der Waals surface area contributed by atoms with E-state index < -0.39 is 17.8 Å². The van der Waals surface area contributed by atoms with Crippen LogP contribution < -0.4 is 10.2 Å². The van der Waals surface area contributed by atoms with Gasteiger partial charge in [0, 0.05) is 74.9 Å². The monoisotopic (exact) mass is 462 g/mol. The third-order valence-electron chi connectivity index (χ3n) is 6.63. The van der Waals surface area contributed by atoms with E-state index in [2.05, 4.69) is 24.9 Å². The van der Waals surface area contributed by atoms with Gasteiger partial charge in [-0.25, -0.2) is 9.24 Å². The van der Waals surface area contributed by atoms with Gasteiger partial charge in [0.25, 0.3) is 5.91 Å². The summed E-state index contributed by atoms with van der Waals surface area (Å²) in [5, 5.41) is 2.29. The Labute approximate surface area is 196 Å². The molecule has 3 amide bonds. The fourth-order valence-corrected chi connectivity index (χ4v) is 4.92. The van der Waals surface area contributed by atoms with Crippen molar-refractivity contribution in [2.45, 2.75) is 32.0 Å². The summed E-state index contributed by atoms with van der Waals surface area (Å²) in [4.78, 5) is 50.2. The van der Waals surface area contributed by atoms with Crippen LogP contribution in [0.1, 0.15) is 34.3 Å². The number of anilines is 1. The molecule has 2 aromatic rings. The van der Waals surface area contributed by atoms with Gasteiger partial charge in [0.05, 0.1) is 6.57 Å². The average molecular weight is 462 g/mol. The number of nitrogens with zero attached hydrogens (tertiary/aromatic N) is 5. The molecule has 3 aliphatic rings. The number of piperidine rings is 1. The van der Waals surface area contributed by atoms with Crippen LogP contribution in [-0.4, -0.2) is 64.7 Å². The van der Waals surface area contributed by atoms with E-state index in [1.807, 2.05) is 6.07 Å². The molecular formula is C24H23FN6O3. The molecule has 2 saturated heterocycles. The van der Waals surface area contributed by atoms with Crippen molar-refractivity contribution in [2.24, 2.45) is 0 Å². The smallest absolute Gasteiger partial charge is 0.255 e. The Hall–Kier alpha value is -3.84. The lowest BCUT2D eigenvalue weighted by Crippen LogP contribution is -2.52. The molecule has 1 aromatic heterocycles. The number of pyridine rings is 1. The summed E-state index contributed by atoms with van der Waals surface area (Å²) >= 11 is 0. The van der Waals surface area contributed by atoms with Crippen molar-refractivity contribution in [1.82, 2.24) is 20.1 Å². The number of hydrogen-bond acceptors (Lipinski definition) is 6. The van der Waals surface area contributed by atoms with Gasteiger partial charge in [-0.15, -0.1) is 0 Å². The molecule has 1 unspecified atom stereocenters. The molecule has 2 fully saturated rings. The van der Waals surface area contributed by atoms with Crippen molar-refractivity contribution in [3.8, 4) is 0 Å². The third-order valence-corrected chi connectivity index (χ3v) is 6.63. The number of benzene rings is 1. The zero-order valence-corrected chi connectivity index (χ0v) is 18.5. The van der Waals surface area contributed by atoms with E-state index in [4.69, 9.17) is 6.57 Å². The number of piperazine rings is 1. The highest BCUT2D eigenvalue weighted by atomic mass is 19.1. The van der Waals surface area contributed by atoms with Crippen molar-refractivity contribution in [3.05, 3.63) is 64.5 Å². The fourth-order valence-electron chi connectivity index (χ4n) is 4.92. The highest BCUT2D eigenvalue weighted by Gasteiger charge is 2.41. The lowest BCUT2D eigenvalue weighted by molar-refractivity contribution is -0.136. The summed E-state index contributed by atoms with van der Waals surface area (Å²) in [6, 6.07) is 3.80. The Kier molecular flexibility index (Phi) is 5.71. The van der Waals surface area contributed by atoms with Crippen LogP contribution in [0.4, 0.5) is 15.8 Å². The highest BCUT2D eigenvalue weighted by molar-refractivity contribution is 6.06. The van der Waals surface area contributed by atoms with Gasteiger partial charge in [-0.1, -0.05) is 0 Å². The van der Waals surface area contributed by atoms with Gasteiger partial charge in [0.2, 0.25) is 17.5 Å². The SMILES string of the molecule is [C-]#[N+]c1cncc(CN2CCN(c3cc(F)cc4c3CN(C3CCC(=O)NC3=O)C4=O)CC2)c1. The van der Waals surface area contributed by atoms with E-state index >= 15 is 0 Å². The topological polar surface area (TPSA) is 90.2 Å². The van der Waals surface area contributed by atoms with Crippen LogP contribution in [0.3, 0.4) is 0 Å². The van der Waals surface area contributed by atoms with Gasteiger partial charge in [-0.3, -0.25) is 29.6 Å². The molecule has 5 rings (SSSR count). The number of fused-ring (bicyclic) bond motifs is 1. The normalized spacial score (nSPS) is 20.8. The zero-order chi connectivity index (χ0) is 23.8. The van der Waals surface area contributed by atoms with Crippen LogP contribution >= 0.6 is 0 Å². The van der Waals surface area contributed by atoms with Gasteiger partial charge in [0.1, 0.15) is 11.9 Å². The van der Waals surface area contributed by atoms with E-state index in [0.29, 0.717) is 31.0 Å². The molecule has 34 heavy (non-hydrogen) atoms. The summed E-state index contributed by atoms with van der Waals surface area (Å²) in [6.45, 7) is 10.8. The minimum absolute atomic E-state index is 0.175. The second-order valence-electron chi connectivity index (χ2n) is 8.78. The number of halogens is 1. The quantitative estimate of drug-likeness (QED) is 0.551. The van der Waals surface area contributed by atoms with Gasteiger partial charge < -0.3 is 9.80 Å². The number of hydrogen-bond donors (Lipinski definition) is 1. The molecule has 1 N–H and O–H groups in total. The predicted octanol–water partition coefficient (Wildman–Crippen LogP) is 1.85. The Morgan fingerprint density at radius 3 is 2.65 bits per heavy atom. The first-order valence-corrected chi connectivity index (χ1v) is 11.2. The van der Waals surface area contributed by atoms with Crippen molar-refractivity contribution in [1.29, 1.82) is 0 Å². The largest absolute Gasteiger partial charge is 0.369 e. The lowest BCUT2D eigenvalue weighted by Gasteiger charge is -2.37. The van der Waals surface area contributed by atoms with E-state index in [-0.39, 0.29) is 36.8 Å². The third kappa shape index (κ3) is 4.10. The molecule has 0 radical (unpaired) electrons. The van der Waals surface area contributed by atoms with E-state index in [1.165, 1.54) is 17.0 Å². The molecular weight excluding hydrogens is 439 g/mol. The first-order valence-electron chi connectivity index (χ1n) is 11.2. The number of nitrogens with one attached hydrogen (secondary N) is 1. The van der Waals surface area contributed by atoms with Crippen LogP contribution in [0.5, 0.6) is 0 Å². The zero-order valence-electron chi connectivity index (χ0n) is 18.5. The molecule has 0 spiro atoms.